The van der Waals surface area contributed by atoms with Gasteiger partial charge in [0.05, 0.1) is 0 Å². The van der Waals surface area contributed by atoms with E-state index in [2.05, 4.69) is 5.32 Å². The van der Waals surface area contributed by atoms with Gasteiger partial charge in [0.1, 0.15) is 0 Å². The lowest BCUT2D eigenvalue weighted by Crippen LogP contribution is -2.40. The summed E-state index contributed by atoms with van der Waals surface area (Å²) in [6.45, 7) is 2.08. The Bertz CT molecular complexity index is 540. The molecule has 0 saturated heterocycles. The summed E-state index contributed by atoms with van der Waals surface area (Å²) in [7, 11) is 0. The first kappa shape index (κ1) is 17.8. The van der Waals surface area contributed by atoms with Gasteiger partial charge >= 0.3 is 0 Å². The monoisotopic (exact) mass is 336 g/mol. The summed E-state index contributed by atoms with van der Waals surface area (Å²) in [5.74, 6) is -0.0282. The number of amides is 2. The summed E-state index contributed by atoms with van der Waals surface area (Å²) in [6.07, 6.45) is 7.24. The number of hydrogen-bond donors (Lipinski definition) is 1. The van der Waals surface area contributed by atoms with Gasteiger partial charge in [-0.25, -0.2) is 0 Å². The van der Waals surface area contributed by atoms with Gasteiger partial charge in [0.2, 0.25) is 11.8 Å². The molecule has 0 atom stereocenters. The molecule has 1 fully saturated rings. The fourth-order valence-corrected chi connectivity index (χ4v) is 3.37. The number of carbonyl (C=O) groups excluding carboxylic acids is 2. The van der Waals surface area contributed by atoms with E-state index in [0.29, 0.717) is 23.7 Å². The van der Waals surface area contributed by atoms with Crippen LogP contribution < -0.4 is 5.32 Å². The molecule has 0 bridgehead atoms. The molecule has 0 aromatic heterocycles. The molecule has 0 unspecified atom stereocenters. The van der Waals surface area contributed by atoms with Crippen molar-refractivity contribution in [3.05, 3.63) is 29.3 Å². The second kappa shape index (κ2) is 8.92. The maximum absolute atomic E-state index is 12.1. The molecule has 2 amide bonds. The lowest BCUT2D eigenvalue weighted by molar-refractivity contribution is -0.131. The Labute approximate surface area is 143 Å². The van der Waals surface area contributed by atoms with Gasteiger partial charge < -0.3 is 10.2 Å². The number of anilines is 1. The quantitative estimate of drug-likeness (QED) is 0.817. The molecular weight excluding hydrogens is 312 g/mol. The SMILES string of the molecule is CC(=O)N(CCC(=O)Nc1cccc(Cl)c1)C1CCCCCC1. The van der Waals surface area contributed by atoms with Crippen LogP contribution in [0.3, 0.4) is 0 Å². The van der Waals surface area contributed by atoms with Crippen molar-refractivity contribution in [1.29, 1.82) is 0 Å². The average Bonchev–Trinajstić information content (AvgIpc) is 2.76. The van der Waals surface area contributed by atoms with Gasteiger partial charge in [0.25, 0.3) is 0 Å². The van der Waals surface area contributed by atoms with Crippen LogP contribution in [-0.2, 0) is 9.59 Å². The Kier molecular flexibility index (Phi) is 6.90. The zero-order valence-electron chi connectivity index (χ0n) is 13.7. The van der Waals surface area contributed by atoms with Crippen LogP contribution in [0.15, 0.2) is 24.3 Å². The zero-order valence-corrected chi connectivity index (χ0v) is 14.4. The summed E-state index contributed by atoms with van der Waals surface area (Å²) < 4.78 is 0. The first-order valence-corrected chi connectivity index (χ1v) is 8.76. The Morgan fingerprint density at radius 1 is 1.22 bits per heavy atom. The fraction of sp³-hybridized carbons (Fsp3) is 0.556. The molecule has 1 N–H and O–H groups in total. The summed E-state index contributed by atoms with van der Waals surface area (Å²) in [5, 5.41) is 3.42. The standard InChI is InChI=1S/C18H25ClN2O2/c1-14(22)21(17-9-4-2-3-5-10-17)12-11-18(23)20-16-8-6-7-15(19)13-16/h6-8,13,17H,2-5,9-12H2,1H3,(H,20,23). The minimum Gasteiger partial charge on any atom is -0.339 e. The third-order valence-electron chi connectivity index (χ3n) is 4.36. The molecular formula is C18H25ClN2O2. The molecule has 0 radical (unpaired) electrons. The van der Waals surface area contributed by atoms with E-state index in [-0.39, 0.29) is 17.9 Å². The van der Waals surface area contributed by atoms with Crippen LogP contribution in [0.2, 0.25) is 5.02 Å². The molecule has 1 aliphatic carbocycles. The lowest BCUT2D eigenvalue weighted by atomic mass is 10.1. The largest absolute Gasteiger partial charge is 0.339 e. The third-order valence-corrected chi connectivity index (χ3v) is 4.59. The van der Waals surface area contributed by atoms with Gasteiger partial charge in [0, 0.05) is 36.6 Å². The zero-order chi connectivity index (χ0) is 16.7. The van der Waals surface area contributed by atoms with Crippen LogP contribution in [-0.4, -0.2) is 29.3 Å². The maximum atomic E-state index is 12.1. The highest BCUT2D eigenvalue weighted by Crippen LogP contribution is 2.22. The van der Waals surface area contributed by atoms with E-state index >= 15 is 0 Å². The normalized spacial score (nSPS) is 15.7. The van der Waals surface area contributed by atoms with E-state index in [4.69, 9.17) is 11.6 Å². The van der Waals surface area contributed by atoms with Crippen molar-refractivity contribution in [1.82, 2.24) is 4.90 Å². The van der Waals surface area contributed by atoms with Crippen molar-refractivity contribution in [2.45, 2.75) is 57.9 Å². The lowest BCUT2D eigenvalue weighted by Gasteiger charge is -2.30. The third kappa shape index (κ3) is 5.87. The molecule has 2 rings (SSSR count). The van der Waals surface area contributed by atoms with Crippen LogP contribution in [0.4, 0.5) is 5.69 Å². The van der Waals surface area contributed by atoms with Crippen molar-refractivity contribution < 1.29 is 9.59 Å². The summed E-state index contributed by atoms with van der Waals surface area (Å²) in [4.78, 5) is 25.9. The summed E-state index contributed by atoms with van der Waals surface area (Å²) in [5.41, 5.74) is 0.686. The molecule has 5 heteroatoms. The Morgan fingerprint density at radius 2 is 1.91 bits per heavy atom. The van der Waals surface area contributed by atoms with Crippen LogP contribution in [0.25, 0.3) is 0 Å². The van der Waals surface area contributed by atoms with Crippen molar-refractivity contribution in [3.8, 4) is 0 Å². The van der Waals surface area contributed by atoms with Crippen molar-refractivity contribution in [2.75, 3.05) is 11.9 Å². The van der Waals surface area contributed by atoms with Gasteiger partial charge in [-0.1, -0.05) is 43.4 Å². The van der Waals surface area contributed by atoms with Gasteiger partial charge in [-0.2, -0.15) is 0 Å². The number of benzene rings is 1. The molecule has 0 spiro atoms. The fourth-order valence-electron chi connectivity index (χ4n) is 3.18. The molecule has 1 aliphatic rings. The highest BCUT2D eigenvalue weighted by molar-refractivity contribution is 6.30. The Morgan fingerprint density at radius 3 is 2.52 bits per heavy atom. The van der Waals surface area contributed by atoms with E-state index in [1.54, 1.807) is 31.2 Å². The predicted octanol–water partition coefficient (Wildman–Crippen LogP) is 4.24. The van der Waals surface area contributed by atoms with Crippen molar-refractivity contribution >= 4 is 29.1 Å². The van der Waals surface area contributed by atoms with Gasteiger partial charge in [-0.15, -0.1) is 0 Å². The second-order valence-corrected chi connectivity index (χ2v) is 6.60. The molecule has 1 aromatic rings. The smallest absolute Gasteiger partial charge is 0.226 e. The number of nitrogens with zero attached hydrogens (tertiary/aromatic N) is 1. The topological polar surface area (TPSA) is 49.4 Å². The first-order chi connectivity index (χ1) is 11.1. The van der Waals surface area contributed by atoms with Crippen LogP contribution >= 0.6 is 11.6 Å². The minimum atomic E-state index is -0.0906. The van der Waals surface area contributed by atoms with Crippen LogP contribution in [0.5, 0.6) is 0 Å². The number of hydrogen-bond acceptors (Lipinski definition) is 2. The van der Waals surface area contributed by atoms with E-state index in [0.717, 1.165) is 12.8 Å². The minimum absolute atomic E-state index is 0.0625. The van der Waals surface area contributed by atoms with Crippen molar-refractivity contribution in [3.63, 3.8) is 0 Å². The number of carbonyl (C=O) groups is 2. The first-order valence-electron chi connectivity index (χ1n) is 8.39. The highest BCUT2D eigenvalue weighted by Gasteiger charge is 2.22. The second-order valence-electron chi connectivity index (χ2n) is 6.17. The number of rotatable bonds is 5. The van der Waals surface area contributed by atoms with E-state index in [1.807, 2.05) is 4.90 Å². The molecule has 4 nitrogen and oxygen atoms in total. The summed E-state index contributed by atoms with van der Waals surface area (Å²) >= 11 is 5.91. The highest BCUT2D eigenvalue weighted by atomic mass is 35.5. The number of halogens is 1. The Balaban J connectivity index is 1.87. The molecule has 0 aliphatic heterocycles. The van der Waals surface area contributed by atoms with E-state index in [1.165, 1.54) is 25.7 Å². The van der Waals surface area contributed by atoms with E-state index < -0.39 is 0 Å². The van der Waals surface area contributed by atoms with Crippen LogP contribution in [0.1, 0.15) is 51.9 Å². The molecule has 126 valence electrons. The average molecular weight is 337 g/mol. The molecule has 0 heterocycles. The molecule has 1 saturated carbocycles. The van der Waals surface area contributed by atoms with Gasteiger partial charge in [0.15, 0.2) is 0 Å². The molecule has 23 heavy (non-hydrogen) atoms. The van der Waals surface area contributed by atoms with Gasteiger partial charge in [-0.05, 0) is 31.0 Å². The van der Waals surface area contributed by atoms with Crippen molar-refractivity contribution in [2.24, 2.45) is 0 Å². The van der Waals surface area contributed by atoms with Gasteiger partial charge in [-0.3, -0.25) is 9.59 Å². The number of nitrogens with one attached hydrogen (secondary N) is 1. The molecule has 1 aromatic carbocycles. The predicted molar refractivity (Wildman–Crippen MR) is 93.6 cm³/mol. The van der Waals surface area contributed by atoms with Crippen LogP contribution in [0, 0.1) is 0 Å². The Hall–Kier alpha value is -1.55. The van der Waals surface area contributed by atoms with E-state index in [9.17, 15) is 9.59 Å². The summed E-state index contributed by atoms with van der Waals surface area (Å²) in [6, 6.07) is 7.37. The maximum Gasteiger partial charge on any atom is 0.226 e.